The average molecular weight is 779 g/mol. The number of rotatable bonds is 7. The summed E-state index contributed by atoms with van der Waals surface area (Å²) < 4.78 is 9.30. The molecule has 12 rings (SSSR count). The van der Waals surface area contributed by atoms with Crippen LogP contribution in [0.25, 0.3) is 93.6 Å². The van der Waals surface area contributed by atoms with Crippen molar-refractivity contribution in [2.75, 3.05) is 4.90 Å². The van der Waals surface area contributed by atoms with Crippen LogP contribution in [0.4, 0.5) is 17.1 Å². The molecule has 61 heavy (non-hydrogen) atoms. The van der Waals surface area contributed by atoms with Gasteiger partial charge in [-0.3, -0.25) is 0 Å². The summed E-state index contributed by atoms with van der Waals surface area (Å²) in [5.74, 6) is 0. The Morgan fingerprint density at radius 1 is 0.361 bits per heavy atom. The molecule has 3 nitrogen and oxygen atoms in total. The van der Waals surface area contributed by atoms with Crippen LogP contribution < -0.4 is 4.90 Å². The van der Waals surface area contributed by atoms with Crippen LogP contribution in [0.2, 0.25) is 0 Å². The highest BCUT2D eigenvalue weighted by atomic mass is 16.3. The standard InChI is InChI=1S/C58H38N2O/c1-2-13-39(14-3-1)41-27-31-46(32-28-41)59(47-33-29-42(30-34-47)44-26-25-40-15-4-5-16-43(40)37-44)55-36-35-49(58-57(55)52-21-8-11-24-56(52)61-58)45-17-12-18-48(38-45)60-53-22-9-6-19-50(53)51-20-7-10-23-54(51)60/h1-38H. The van der Waals surface area contributed by atoms with E-state index in [2.05, 4.69) is 240 Å². The third-order valence-electron chi connectivity index (χ3n) is 12.2. The Morgan fingerprint density at radius 3 is 1.64 bits per heavy atom. The van der Waals surface area contributed by atoms with Crippen LogP contribution in [-0.4, -0.2) is 4.57 Å². The van der Waals surface area contributed by atoms with E-state index in [1.54, 1.807) is 0 Å². The minimum atomic E-state index is 0.857. The SMILES string of the molecule is c1ccc(-c2ccc(N(c3ccc(-c4ccc5ccccc5c4)cc3)c3ccc(-c4cccc(-n5c6ccccc6c6ccccc65)c4)c4oc5ccccc5c34)cc2)cc1. The van der Waals surface area contributed by atoms with Gasteiger partial charge in [0.1, 0.15) is 11.2 Å². The Bertz CT molecular complexity index is 3520. The first-order chi connectivity index (χ1) is 30.2. The summed E-state index contributed by atoms with van der Waals surface area (Å²) in [6.45, 7) is 0. The van der Waals surface area contributed by atoms with Crippen molar-refractivity contribution in [1.29, 1.82) is 0 Å². The number of fused-ring (bicyclic) bond motifs is 7. The molecule has 2 aromatic heterocycles. The highest BCUT2D eigenvalue weighted by molar-refractivity contribution is 6.17. The molecule has 0 atom stereocenters. The van der Waals surface area contributed by atoms with E-state index in [4.69, 9.17) is 4.42 Å². The maximum absolute atomic E-state index is 6.93. The minimum absolute atomic E-state index is 0.857. The number of nitrogens with zero attached hydrogens (tertiary/aromatic N) is 2. The van der Waals surface area contributed by atoms with Crippen molar-refractivity contribution in [1.82, 2.24) is 4.57 Å². The first-order valence-electron chi connectivity index (χ1n) is 20.8. The maximum Gasteiger partial charge on any atom is 0.145 e. The number of hydrogen-bond donors (Lipinski definition) is 0. The van der Waals surface area contributed by atoms with Gasteiger partial charge in [0.05, 0.1) is 22.1 Å². The van der Waals surface area contributed by atoms with Crippen LogP contribution in [-0.2, 0) is 0 Å². The first kappa shape index (κ1) is 34.9. The molecular formula is C58H38N2O. The summed E-state index contributed by atoms with van der Waals surface area (Å²) in [6.07, 6.45) is 0. The van der Waals surface area contributed by atoms with Crippen molar-refractivity contribution in [2.45, 2.75) is 0 Å². The van der Waals surface area contributed by atoms with Gasteiger partial charge in [-0.1, -0.05) is 158 Å². The van der Waals surface area contributed by atoms with Crippen LogP contribution in [0.15, 0.2) is 235 Å². The lowest BCUT2D eigenvalue weighted by Crippen LogP contribution is -2.10. The number of benzene rings is 10. The summed E-state index contributed by atoms with van der Waals surface area (Å²) in [7, 11) is 0. The average Bonchev–Trinajstić information content (AvgIpc) is 3.89. The zero-order chi connectivity index (χ0) is 40.3. The number of anilines is 3. The second-order valence-electron chi connectivity index (χ2n) is 15.7. The molecule has 12 aromatic rings. The van der Waals surface area contributed by atoms with Crippen molar-refractivity contribution in [3.63, 3.8) is 0 Å². The number of hydrogen-bond acceptors (Lipinski definition) is 2. The summed E-state index contributed by atoms with van der Waals surface area (Å²) in [4.78, 5) is 2.38. The van der Waals surface area contributed by atoms with Gasteiger partial charge in [0.15, 0.2) is 0 Å². The van der Waals surface area contributed by atoms with E-state index in [1.807, 2.05) is 0 Å². The zero-order valence-electron chi connectivity index (χ0n) is 33.2. The molecule has 0 radical (unpaired) electrons. The van der Waals surface area contributed by atoms with Gasteiger partial charge in [-0.05, 0) is 111 Å². The zero-order valence-corrected chi connectivity index (χ0v) is 33.2. The fourth-order valence-electron chi connectivity index (χ4n) is 9.27. The third-order valence-corrected chi connectivity index (χ3v) is 12.2. The van der Waals surface area contributed by atoms with Gasteiger partial charge in [-0.25, -0.2) is 0 Å². The Kier molecular flexibility index (Phi) is 8.17. The molecule has 0 spiro atoms. The van der Waals surface area contributed by atoms with E-state index in [0.29, 0.717) is 0 Å². The number of aromatic nitrogens is 1. The maximum atomic E-state index is 6.93. The van der Waals surface area contributed by atoms with Crippen molar-refractivity contribution in [2.24, 2.45) is 0 Å². The van der Waals surface area contributed by atoms with Gasteiger partial charge in [-0.2, -0.15) is 0 Å². The molecule has 0 saturated carbocycles. The molecule has 2 heterocycles. The Morgan fingerprint density at radius 2 is 0.918 bits per heavy atom. The number of para-hydroxylation sites is 3. The fourth-order valence-corrected chi connectivity index (χ4v) is 9.27. The van der Waals surface area contributed by atoms with Gasteiger partial charge in [0.25, 0.3) is 0 Å². The molecule has 0 fully saturated rings. The molecule has 0 aliphatic carbocycles. The van der Waals surface area contributed by atoms with Crippen molar-refractivity contribution in [3.8, 4) is 39.1 Å². The molecule has 0 aliphatic rings. The van der Waals surface area contributed by atoms with Crippen LogP contribution in [0.3, 0.4) is 0 Å². The van der Waals surface area contributed by atoms with E-state index in [9.17, 15) is 0 Å². The Hall–Kier alpha value is -8.14. The molecular weight excluding hydrogens is 741 g/mol. The van der Waals surface area contributed by atoms with Gasteiger partial charge in [0.2, 0.25) is 0 Å². The largest absolute Gasteiger partial charge is 0.455 e. The monoisotopic (exact) mass is 778 g/mol. The van der Waals surface area contributed by atoms with E-state index in [-0.39, 0.29) is 0 Å². The van der Waals surface area contributed by atoms with Gasteiger partial charge >= 0.3 is 0 Å². The van der Waals surface area contributed by atoms with Gasteiger partial charge in [-0.15, -0.1) is 0 Å². The van der Waals surface area contributed by atoms with E-state index >= 15 is 0 Å². The molecule has 0 amide bonds. The topological polar surface area (TPSA) is 21.3 Å². The van der Waals surface area contributed by atoms with Crippen molar-refractivity contribution in [3.05, 3.63) is 231 Å². The van der Waals surface area contributed by atoms with Crippen molar-refractivity contribution < 1.29 is 4.42 Å². The highest BCUT2D eigenvalue weighted by Crippen LogP contribution is 2.47. The normalized spacial score (nSPS) is 11.6. The van der Waals surface area contributed by atoms with E-state index in [0.717, 1.165) is 55.8 Å². The lowest BCUT2D eigenvalue weighted by molar-refractivity contribution is 0.670. The minimum Gasteiger partial charge on any atom is -0.455 e. The van der Waals surface area contributed by atoms with Crippen molar-refractivity contribution >= 4 is 71.6 Å². The van der Waals surface area contributed by atoms with Crippen LogP contribution in [0.1, 0.15) is 0 Å². The molecule has 286 valence electrons. The summed E-state index contributed by atoms with van der Waals surface area (Å²) in [5.41, 5.74) is 15.2. The second kappa shape index (κ2) is 14.3. The molecule has 0 aliphatic heterocycles. The summed E-state index contributed by atoms with van der Waals surface area (Å²) in [6, 6.07) is 82.8. The summed E-state index contributed by atoms with van der Waals surface area (Å²) in [5, 5.41) is 7.11. The van der Waals surface area contributed by atoms with Crippen LogP contribution in [0.5, 0.6) is 0 Å². The second-order valence-corrected chi connectivity index (χ2v) is 15.7. The molecule has 10 aromatic carbocycles. The quantitative estimate of drug-likeness (QED) is 0.161. The van der Waals surface area contributed by atoms with E-state index < -0.39 is 0 Å². The van der Waals surface area contributed by atoms with Crippen LogP contribution in [0, 0.1) is 0 Å². The lowest BCUT2D eigenvalue weighted by atomic mass is 9.98. The summed E-state index contributed by atoms with van der Waals surface area (Å²) >= 11 is 0. The highest BCUT2D eigenvalue weighted by Gasteiger charge is 2.23. The predicted molar refractivity (Wildman–Crippen MR) is 257 cm³/mol. The molecule has 3 heteroatoms. The lowest BCUT2D eigenvalue weighted by Gasteiger charge is -2.27. The van der Waals surface area contributed by atoms with Crippen LogP contribution >= 0.6 is 0 Å². The molecule has 0 bridgehead atoms. The smallest absolute Gasteiger partial charge is 0.145 e. The molecule has 0 unspecified atom stereocenters. The molecule has 0 saturated heterocycles. The van der Waals surface area contributed by atoms with E-state index in [1.165, 1.54) is 54.8 Å². The fraction of sp³-hybridized carbons (Fsp3) is 0. The molecule has 0 N–H and O–H groups in total. The Labute approximate surface area is 353 Å². The predicted octanol–water partition coefficient (Wildman–Crippen LogP) is 16.3. The van der Waals surface area contributed by atoms with Gasteiger partial charge < -0.3 is 13.9 Å². The van der Waals surface area contributed by atoms with Gasteiger partial charge in [0, 0.05) is 38.8 Å². The Balaban J connectivity index is 1.04. The number of furan rings is 1. The first-order valence-corrected chi connectivity index (χ1v) is 20.8. The third kappa shape index (κ3) is 5.90.